The van der Waals surface area contributed by atoms with Gasteiger partial charge in [0.05, 0.1) is 12.3 Å². The molecule has 1 atom stereocenters. The van der Waals surface area contributed by atoms with Crippen molar-refractivity contribution in [2.24, 2.45) is 0 Å². The van der Waals surface area contributed by atoms with Crippen LogP contribution in [0, 0.1) is 0 Å². The highest BCUT2D eigenvalue weighted by Crippen LogP contribution is 2.29. The number of nitrogens with zero attached hydrogens (tertiary/aromatic N) is 2. The van der Waals surface area contributed by atoms with E-state index in [1.165, 1.54) is 12.1 Å². The number of benzene rings is 3. The summed E-state index contributed by atoms with van der Waals surface area (Å²) < 4.78 is 11.3. The van der Waals surface area contributed by atoms with Crippen molar-refractivity contribution in [2.75, 3.05) is 19.7 Å². The van der Waals surface area contributed by atoms with E-state index in [2.05, 4.69) is 5.32 Å². The molecule has 270 valence electrons. The summed E-state index contributed by atoms with van der Waals surface area (Å²) in [5, 5.41) is 23.5. The van der Waals surface area contributed by atoms with Gasteiger partial charge in [-0.15, -0.1) is 5.06 Å². The molecule has 0 aliphatic heterocycles. The van der Waals surface area contributed by atoms with Gasteiger partial charge in [0.25, 0.3) is 0 Å². The molecule has 0 aliphatic carbocycles. The molecule has 1 amide bonds. The lowest BCUT2D eigenvalue weighted by Crippen LogP contribution is -2.45. The third kappa shape index (κ3) is 13.4. The molecule has 1 aromatic heterocycles. The van der Waals surface area contributed by atoms with Crippen molar-refractivity contribution in [3.63, 3.8) is 0 Å². The number of aromatic hydroxyl groups is 1. The second kappa shape index (κ2) is 19.1. The van der Waals surface area contributed by atoms with Crippen molar-refractivity contribution in [3.05, 3.63) is 103 Å². The fourth-order valence-electron chi connectivity index (χ4n) is 5.21. The minimum atomic E-state index is -1.19. The second-order valence-corrected chi connectivity index (χ2v) is 13.1. The molecular weight excluding hydrogens is 650 g/mol. The minimum absolute atomic E-state index is 0.0330. The van der Waals surface area contributed by atoms with Gasteiger partial charge in [0, 0.05) is 37.6 Å². The number of carbonyl (C=O) groups excluding carboxylic acids is 2. The maximum atomic E-state index is 13.0. The van der Waals surface area contributed by atoms with Gasteiger partial charge in [0.2, 0.25) is 5.88 Å². The molecule has 0 radical (unpaired) electrons. The predicted octanol–water partition coefficient (Wildman–Crippen LogP) is 7.43. The van der Waals surface area contributed by atoms with Crippen molar-refractivity contribution < 1.29 is 38.9 Å². The molecule has 0 aliphatic rings. The quantitative estimate of drug-likeness (QED) is 0.0708. The molecule has 0 fully saturated rings. The van der Waals surface area contributed by atoms with Crippen molar-refractivity contribution >= 4 is 18.0 Å². The first-order chi connectivity index (χ1) is 24.5. The van der Waals surface area contributed by atoms with E-state index in [0.29, 0.717) is 43.7 Å². The number of nitrogens with one attached hydrogen (secondary N) is 1. The number of hydroxylamine groups is 2. The zero-order valence-electron chi connectivity index (χ0n) is 29.4. The standard InChI is InChI=1S/C40H47N3O8/c1-40(2,3)50-39(48)41-23-13-24-43(35(38(46)47)26-29-19-21-33(44)22-20-29)51-37(45)18-11-6-12-25-49-36-28-32(30-14-7-4-8-15-30)27-34(42-36)31-16-9-5-10-17-31/h4-5,7-10,14-17,19-22,27-28,35,44H,6,11-13,18,23-26H2,1-3H3,(H,41,48)(H,46,47)/t35-/m0/s1. The van der Waals surface area contributed by atoms with E-state index in [4.69, 9.17) is 19.3 Å². The van der Waals surface area contributed by atoms with E-state index in [-0.39, 0.29) is 31.7 Å². The van der Waals surface area contributed by atoms with Crippen LogP contribution in [0.25, 0.3) is 22.4 Å². The number of hydrogen-bond donors (Lipinski definition) is 3. The van der Waals surface area contributed by atoms with Crippen molar-refractivity contribution in [2.45, 2.75) is 70.9 Å². The predicted molar refractivity (Wildman–Crippen MR) is 194 cm³/mol. The Morgan fingerprint density at radius 3 is 2.14 bits per heavy atom. The van der Waals surface area contributed by atoms with Crippen LogP contribution in [-0.2, 0) is 25.6 Å². The summed E-state index contributed by atoms with van der Waals surface area (Å²) in [5.74, 6) is -1.16. The molecule has 4 rings (SSSR count). The number of unbranched alkanes of at least 4 members (excludes halogenated alkanes) is 2. The van der Waals surface area contributed by atoms with Crippen LogP contribution in [0.1, 0.15) is 58.4 Å². The Morgan fingerprint density at radius 2 is 1.49 bits per heavy atom. The monoisotopic (exact) mass is 697 g/mol. The van der Waals surface area contributed by atoms with E-state index in [0.717, 1.165) is 27.4 Å². The molecule has 0 spiro atoms. The number of ether oxygens (including phenoxy) is 2. The molecular formula is C40H47N3O8. The van der Waals surface area contributed by atoms with Crippen molar-refractivity contribution in [1.29, 1.82) is 0 Å². The summed E-state index contributed by atoms with van der Waals surface area (Å²) in [6.45, 7) is 5.91. The van der Waals surface area contributed by atoms with Crippen LogP contribution in [0.5, 0.6) is 11.6 Å². The Balaban J connectivity index is 1.30. The molecule has 1 heterocycles. The molecule has 0 saturated heterocycles. The SMILES string of the molecule is CC(C)(C)OC(=O)NCCCN(OC(=O)CCCCCOc1cc(-c2ccccc2)cc(-c2ccccc2)n1)[C@@H](Cc1ccc(O)cc1)C(=O)O. The number of phenolic OH excluding ortho intramolecular Hbond substituents is 1. The first-order valence-electron chi connectivity index (χ1n) is 17.2. The average molecular weight is 698 g/mol. The number of pyridine rings is 1. The molecule has 4 aromatic rings. The van der Waals surface area contributed by atoms with Gasteiger partial charge in [-0.1, -0.05) is 72.8 Å². The van der Waals surface area contributed by atoms with Gasteiger partial charge in [-0.3, -0.25) is 9.59 Å². The molecule has 11 nitrogen and oxygen atoms in total. The van der Waals surface area contributed by atoms with Crippen LogP contribution >= 0.6 is 0 Å². The summed E-state index contributed by atoms with van der Waals surface area (Å²) >= 11 is 0. The smallest absolute Gasteiger partial charge is 0.407 e. The first kappa shape index (κ1) is 38.4. The van der Waals surface area contributed by atoms with E-state index in [1.54, 1.807) is 32.9 Å². The van der Waals surface area contributed by atoms with Crippen molar-refractivity contribution in [3.8, 4) is 34.0 Å². The Kier molecular flexibility index (Phi) is 14.4. The van der Waals surface area contributed by atoms with Gasteiger partial charge in [0.15, 0.2) is 0 Å². The van der Waals surface area contributed by atoms with Gasteiger partial charge >= 0.3 is 18.0 Å². The van der Waals surface area contributed by atoms with Crippen LogP contribution in [-0.4, -0.2) is 69.6 Å². The summed E-state index contributed by atoms with van der Waals surface area (Å²) in [7, 11) is 0. The maximum absolute atomic E-state index is 13.0. The lowest BCUT2D eigenvalue weighted by atomic mass is 10.0. The zero-order valence-corrected chi connectivity index (χ0v) is 29.4. The zero-order chi connectivity index (χ0) is 36.6. The fourth-order valence-corrected chi connectivity index (χ4v) is 5.21. The Bertz CT molecular complexity index is 1640. The number of aromatic nitrogens is 1. The van der Waals surface area contributed by atoms with Gasteiger partial charge in [-0.25, -0.2) is 9.78 Å². The third-order valence-corrected chi connectivity index (χ3v) is 7.69. The normalized spacial score (nSPS) is 11.8. The number of alkyl carbamates (subject to hydrolysis) is 1. The molecule has 3 N–H and O–H groups in total. The lowest BCUT2D eigenvalue weighted by molar-refractivity contribution is -0.207. The highest BCUT2D eigenvalue weighted by Gasteiger charge is 2.29. The topological polar surface area (TPSA) is 148 Å². The number of carboxylic acids is 1. The molecule has 51 heavy (non-hydrogen) atoms. The number of phenols is 1. The Hall–Kier alpha value is -5.42. The van der Waals surface area contributed by atoms with Crippen LogP contribution in [0.3, 0.4) is 0 Å². The van der Waals surface area contributed by atoms with Crippen molar-refractivity contribution in [1.82, 2.24) is 15.4 Å². The van der Waals surface area contributed by atoms with Crippen LogP contribution < -0.4 is 10.1 Å². The van der Waals surface area contributed by atoms with E-state index in [9.17, 15) is 24.6 Å². The Labute approximate surface area is 299 Å². The van der Waals surface area contributed by atoms with Crippen LogP contribution in [0.2, 0.25) is 0 Å². The second-order valence-electron chi connectivity index (χ2n) is 13.1. The maximum Gasteiger partial charge on any atom is 0.407 e. The summed E-state index contributed by atoms with van der Waals surface area (Å²) in [6, 6.07) is 28.9. The largest absolute Gasteiger partial charge is 0.508 e. The minimum Gasteiger partial charge on any atom is -0.508 e. The number of amides is 1. The van der Waals surface area contributed by atoms with E-state index >= 15 is 0 Å². The molecule has 0 saturated carbocycles. The number of rotatable bonds is 18. The van der Waals surface area contributed by atoms with Gasteiger partial charge < -0.3 is 29.8 Å². The number of carboxylic acid groups (broad SMARTS) is 1. The highest BCUT2D eigenvalue weighted by atomic mass is 16.7. The molecule has 0 bridgehead atoms. The molecule has 0 unspecified atom stereocenters. The fraction of sp³-hybridized carbons (Fsp3) is 0.350. The lowest BCUT2D eigenvalue weighted by Gasteiger charge is -2.27. The molecule has 11 heteroatoms. The number of aliphatic carboxylic acids is 1. The van der Waals surface area contributed by atoms with Gasteiger partial charge in [-0.2, -0.15) is 0 Å². The van der Waals surface area contributed by atoms with E-state index in [1.807, 2.05) is 72.8 Å². The first-order valence-corrected chi connectivity index (χ1v) is 17.2. The summed E-state index contributed by atoms with van der Waals surface area (Å²) in [4.78, 5) is 47.7. The number of hydrogen-bond acceptors (Lipinski definition) is 9. The Morgan fingerprint density at radius 1 is 0.824 bits per heavy atom. The number of carbonyl (C=O) groups is 3. The van der Waals surface area contributed by atoms with Gasteiger partial charge in [-0.05, 0) is 81.3 Å². The third-order valence-electron chi connectivity index (χ3n) is 7.69. The van der Waals surface area contributed by atoms with Crippen LogP contribution in [0.4, 0.5) is 4.79 Å². The van der Waals surface area contributed by atoms with Crippen LogP contribution in [0.15, 0.2) is 97.1 Å². The average Bonchev–Trinajstić information content (AvgIpc) is 3.10. The van der Waals surface area contributed by atoms with E-state index < -0.39 is 29.7 Å². The highest BCUT2D eigenvalue weighted by molar-refractivity contribution is 5.75. The summed E-state index contributed by atoms with van der Waals surface area (Å²) in [5.41, 5.74) is 3.84. The van der Waals surface area contributed by atoms with Gasteiger partial charge in [0.1, 0.15) is 17.4 Å². The summed E-state index contributed by atoms with van der Waals surface area (Å²) in [6.07, 6.45) is 1.68. The molecule has 3 aromatic carbocycles.